The van der Waals surface area contributed by atoms with Gasteiger partial charge in [0.15, 0.2) is 0 Å². The minimum atomic E-state index is 0.659. The van der Waals surface area contributed by atoms with E-state index in [9.17, 15) is 0 Å². The summed E-state index contributed by atoms with van der Waals surface area (Å²) in [5.74, 6) is 3.33. The van der Waals surface area contributed by atoms with Crippen LogP contribution in [-0.4, -0.2) is 31.1 Å². The first-order valence-corrected chi connectivity index (χ1v) is 5.14. The summed E-state index contributed by atoms with van der Waals surface area (Å²) >= 11 is 0. The van der Waals surface area contributed by atoms with Gasteiger partial charge in [-0.2, -0.15) is 0 Å². The molecule has 0 aliphatic heterocycles. The molecular formula is C11H22N2. The Balaban J connectivity index is 3.64. The molecule has 0 aromatic carbocycles. The van der Waals surface area contributed by atoms with Crippen LogP contribution < -0.4 is 5.73 Å². The van der Waals surface area contributed by atoms with E-state index in [0.29, 0.717) is 5.92 Å². The van der Waals surface area contributed by atoms with Crippen LogP contribution in [0.2, 0.25) is 0 Å². The van der Waals surface area contributed by atoms with Crippen molar-refractivity contribution >= 4 is 0 Å². The van der Waals surface area contributed by atoms with Gasteiger partial charge in [0.05, 0.1) is 6.54 Å². The highest BCUT2D eigenvalue weighted by molar-refractivity contribution is 4.87. The monoisotopic (exact) mass is 182 g/mol. The molecule has 0 bridgehead atoms. The van der Waals surface area contributed by atoms with Crippen LogP contribution in [0.1, 0.15) is 26.7 Å². The number of rotatable bonds is 7. The van der Waals surface area contributed by atoms with Crippen LogP contribution in [0.4, 0.5) is 0 Å². The molecular weight excluding hydrogens is 160 g/mol. The molecule has 0 aromatic rings. The summed E-state index contributed by atoms with van der Waals surface area (Å²) < 4.78 is 0. The molecule has 0 aromatic heterocycles. The quantitative estimate of drug-likeness (QED) is 0.602. The van der Waals surface area contributed by atoms with Crippen LogP contribution in [-0.2, 0) is 0 Å². The Kier molecular flexibility index (Phi) is 7.77. The average Bonchev–Trinajstić information content (AvgIpc) is 2.17. The summed E-state index contributed by atoms with van der Waals surface area (Å²) in [5.41, 5.74) is 5.63. The maximum atomic E-state index is 5.63. The Bertz CT molecular complexity index is 145. The Morgan fingerprint density at radius 1 is 1.46 bits per heavy atom. The van der Waals surface area contributed by atoms with Crippen molar-refractivity contribution in [3.8, 4) is 12.3 Å². The van der Waals surface area contributed by atoms with E-state index in [1.54, 1.807) is 0 Å². The molecule has 0 spiro atoms. The Morgan fingerprint density at radius 3 is 2.54 bits per heavy atom. The molecule has 0 fully saturated rings. The van der Waals surface area contributed by atoms with Gasteiger partial charge in [0.1, 0.15) is 0 Å². The van der Waals surface area contributed by atoms with Gasteiger partial charge in [-0.05, 0) is 32.0 Å². The van der Waals surface area contributed by atoms with E-state index < -0.39 is 0 Å². The zero-order valence-corrected chi connectivity index (χ0v) is 8.92. The molecule has 0 aliphatic carbocycles. The van der Waals surface area contributed by atoms with E-state index in [2.05, 4.69) is 24.7 Å². The summed E-state index contributed by atoms with van der Waals surface area (Å²) in [6.07, 6.45) is 7.60. The summed E-state index contributed by atoms with van der Waals surface area (Å²) in [6.45, 7) is 8.00. The first-order chi connectivity index (χ1) is 6.28. The first kappa shape index (κ1) is 12.5. The predicted molar refractivity (Wildman–Crippen MR) is 58.4 cm³/mol. The standard InChI is InChI=1S/C11H22N2/c1-4-8-13(6-3)9-7-11(5-2)10-12/h1,11H,5-10,12H2,2-3H3. The molecule has 0 saturated heterocycles. The zero-order valence-electron chi connectivity index (χ0n) is 8.92. The second-order valence-corrected chi connectivity index (χ2v) is 3.37. The minimum Gasteiger partial charge on any atom is -0.330 e. The van der Waals surface area contributed by atoms with Crippen LogP contribution >= 0.6 is 0 Å². The normalized spacial score (nSPS) is 12.8. The van der Waals surface area contributed by atoms with Gasteiger partial charge < -0.3 is 5.73 Å². The van der Waals surface area contributed by atoms with Gasteiger partial charge in [-0.3, -0.25) is 4.90 Å². The van der Waals surface area contributed by atoms with Crippen molar-refractivity contribution in [3.05, 3.63) is 0 Å². The molecule has 1 atom stereocenters. The fourth-order valence-electron chi connectivity index (χ4n) is 1.33. The summed E-state index contributed by atoms with van der Waals surface area (Å²) in [4.78, 5) is 2.28. The van der Waals surface area contributed by atoms with Crippen molar-refractivity contribution < 1.29 is 0 Å². The molecule has 76 valence electrons. The summed E-state index contributed by atoms with van der Waals surface area (Å²) in [6, 6.07) is 0. The van der Waals surface area contributed by atoms with Crippen molar-refractivity contribution in [1.82, 2.24) is 4.90 Å². The third-order valence-corrected chi connectivity index (χ3v) is 2.53. The second kappa shape index (κ2) is 8.10. The minimum absolute atomic E-state index is 0.659. The SMILES string of the molecule is C#CCN(CC)CCC(CC)CN. The molecule has 0 rings (SSSR count). The zero-order chi connectivity index (χ0) is 10.1. The molecule has 2 nitrogen and oxygen atoms in total. The van der Waals surface area contributed by atoms with Gasteiger partial charge in [0.25, 0.3) is 0 Å². The van der Waals surface area contributed by atoms with Gasteiger partial charge in [0.2, 0.25) is 0 Å². The third-order valence-electron chi connectivity index (χ3n) is 2.53. The van der Waals surface area contributed by atoms with Crippen molar-refractivity contribution in [1.29, 1.82) is 0 Å². The van der Waals surface area contributed by atoms with Crippen molar-refractivity contribution in [2.45, 2.75) is 26.7 Å². The van der Waals surface area contributed by atoms with Gasteiger partial charge >= 0.3 is 0 Å². The van der Waals surface area contributed by atoms with Crippen LogP contribution in [0.15, 0.2) is 0 Å². The highest BCUT2D eigenvalue weighted by atomic mass is 15.1. The molecule has 0 heterocycles. The van der Waals surface area contributed by atoms with Crippen molar-refractivity contribution in [3.63, 3.8) is 0 Å². The lowest BCUT2D eigenvalue weighted by Gasteiger charge is -2.20. The number of nitrogens with two attached hydrogens (primary N) is 1. The molecule has 0 saturated carbocycles. The Labute approximate surface area is 82.5 Å². The lowest BCUT2D eigenvalue weighted by molar-refractivity contribution is 0.290. The third kappa shape index (κ3) is 5.68. The molecule has 0 amide bonds. The predicted octanol–water partition coefficient (Wildman–Crippen LogP) is 1.32. The maximum absolute atomic E-state index is 5.63. The van der Waals surface area contributed by atoms with Crippen LogP contribution in [0.3, 0.4) is 0 Å². The van der Waals surface area contributed by atoms with Crippen LogP contribution in [0.25, 0.3) is 0 Å². The van der Waals surface area contributed by atoms with Gasteiger partial charge in [-0.15, -0.1) is 6.42 Å². The van der Waals surface area contributed by atoms with E-state index in [-0.39, 0.29) is 0 Å². The maximum Gasteiger partial charge on any atom is 0.0598 e. The van der Waals surface area contributed by atoms with Crippen LogP contribution in [0.5, 0.6) is 0 Å². The summed E-state index contributed by atoms with van der Waals surface area (Å²) in [7, 11) is 0. The van der Waals surface area contributed by atoms with Gasteiger partial charge in [0, 0.05) is 0 Å². The second-order valence-electron chi connectivity index (χ2n) is 3.37. The van der Waals surface area contributed by atoms with Crippen molar-refractivity contribution in [2.75, 3.05) is 26.2 Å². The lowest BCUT2D eigenvalue weighted by atomic mass is 10.0. The number of hydrogen-bond acceptors (Lipinski definition) is 2. The van der Waals surface area contributed by atoms with E-state index in [4.69, 9.17) is 12.2 Å². The average molecular weight is 182 g/mol. The summed E-state index contributed by atoms with van der Waals surface area (Å²) in [5, 5.41) is 0. The van der Waals surface area contributed by atoms with Crippen LogP contribution in [0, 0.1) is 18.3 Å². The van der Waals surface area contributed by atoms with Gasteiger partial charge in [-0.25, -0.2) is 0 Å². The van der Waals surface area contributed by atoms with E-state index >= 15 is 0 Å². The van der Waals surface area contributed by atoms with E-state index in [0.717, 1.165) is 26.2 Å². The van der Waals surface area contributed by atoms with E-state index in [1.165, 1.54) is 12.8 Å². The lowest BCUT2D eigenvalue weighted by Crippen LogP contribution is -2.28. The molecule has 13 heavy (non-hydrogen) atoms. The fraction of sp³-hybridized carbons (Fsp3) is 0.818. The number of terminal acetylenes is 1. The van der Waals surface area contributed by atoms with Crippen molar-refractivity contribution in [2.24, 2.45) is 11.7 Å². The highest BCUT2D eigenvalue weighted by Gasteiger charge is 2.06. The van der Waals surface area contributed by atoms with Gasteiger partial charge in [-0.1, -0.05) is 26.2 Å². The van der Waals surface area contributed by atoms with E-state index in [1.807, 2.05) is 0 Å². The molecule has 2 N–H and O–H groups in total. The highest BCUT2D eigenvalue weighted by Crippen LogP contribution is 2.06. The fourth-order valence-corrected chi connectivity index (χ4v) is 1.33. The molecule has 1 unspecified atom stereocenters. The Hall–Kier alpha value is -0.520. The first-order valence-electron chi connectivity index (χ1n) is 5.14. The molecule has 2 heteroatoms. The molecule has 0 radical (unpaired) electrons. The number of hydrogen-bond donors (Lipinski definition) is 1. The largest absolute Gasteiger partial charge is 0.330 e. The number of nitrogens with zero attached hydrogens (tertiary/aromatic N) is 1. The topological polar surface area (TPSA) is 29.3 Å². The smallest absolute Gasteiger partial charge is 0.0598 e. The molecule has 0 aliphatic rings. The Morgan fingerprint density at radius 2 is 2.15 bits per heavy atom.